The highest BCUT2D eigenvalue weighted by Gasteiger charge is 2.28. The van der Waals surface area contributed by atoms with Crippen LogP contribution in [-0.2, 0) is 10.2 Å². The number of hydrogen-bond donors (Lipinski definition) is 1. The van der Waals surface area contributed by atoms with Crippen LogP contribution in [0.3, 0.4) is 0 Å². The quantitative estimate of drug-likeness (QED) is 0.904. The number of ether oxygens (including phenoxy) is 1. The number of methoxy groups -OCH3 is 1. The van der Waals surface area contributed by atoms with Gasteiger partial charge >= 0.3 is 5.97 Å². The minimum Gasteiger partial charge on any atom is -0.495 e. The molecule has 0 saturated carbocycles. The van der Waals surface area contributed by atoms with Gasteiger partial charge in [-0.1, -0.05) is 25.4 Å². The van der Waals surface area contributed by atoms with Crippen molar-refractivity contribution in [3.05, 3.63) is 28.5 Å². The molecule has 0 aliphatic carbocycles. The summed E-state index contributed by atoms with van der Waals surface area (Å²) in [5, 5.41) is 9.06. The third kappa shape index (κ3) is 3.09. The predicted molar refractivity (Wildman–Crippen MR) is 63.2 cm³/mol. The van der Waals surface area contributed by atoms with E-state index in [0.29, 0.717) is 0 Å². The monoisotopic (exact) mass is 260 g/mol. The molecule has 0 aliphatic rings. The van der Waals surface area contributed by atoms with Crippen LogP contribution < -0.4 is 4.74 Å². The number of carboxylic acid groups (broad SMARTS) is 1. The third-order valence-electron chi connectivity index (χ3n) is 2.56. The summed E-state index contributed by atoms with van der Waals surface area (Å²) in [6, 6.07) is 2.58. The number of benzene rings is 1. The molecule has 0 aliphatic heterocycles. The van der Waals surface area contributed by atoms with Crippen molar-refractivity contribution in [1.82, 2.24) is 0 Å². The first kappa shape index (κ1) is 13.8. The number of carboxylic acids is 1. The van der Waals surface area contributed by atoms with Gasteiger partial charge in [0.15, 0.2) is 0 Å². The van der Waals surface area contributed by atoms with Gasteiger partial charge in [-0.2, -0.15) is 0 Å². The Morgan fingerprint density at radius 2 is 2.12 bits per heavy atom. The fourth-order valence-electron chi connectivity index (χ4n) is 1.68. The molecule has 0 atom stereocenters. The van der Waals surface area contributed by atoms with E-state index in [4.69, 9.17) is 21.4 Å². The predicted octanol–water partition coefficient (Wildman–Crippen LogP) is 3.24. The first-order valence-electron chi connectivity index (χ1n) is 5.03. The molecule has 0 spiro atoms. The van der Waals surface area contributed by atoms with Crippen molar-refractivity contribution in [3.8, 4) is 5.75 Å². The summed E-state index contributed by atoms with van der Waals surface area (Å²) in [4.78, 5) is 10.7. The highest BCUT2D eigenvalue weighted by Crippen LogP contribution is 2.35. The maximum Gasteiger partial charge on any atom is 0.304 e. The highest BCUT2D eigenvalue weighted by molar-refractivity contribution is 6.32. The molecule has 0 unspecified atom stereocenters. The van der Waals surface area contributed by atoms with Gasteiger partial charge in [-0.3, -0.25) is 4.79 Å². The lowest BCUT2D eigenvalue weighted by Gasteiger charge is -2.24. The summed E-state index contributed by atoms with van der Waals surface area (Å²) < 4.78 is 18.7. The van der Waals surface area contributed by atoms with Crippen LogP contribution in [0.25, 0.3) is 0 Å². The van der Waals surface area contributed by atoms with Crippen LogP contribution in [0.5, 0.6) is 5.75 Å². The number of hydrogen-bond acceptors (Lipinski definition) is 2. The van der Waals surface area contributed by atoms with Crippen LogP contribution in [0.1, 0.15) is 25.8 Å². The molecule has 1 aromatic carbocycles. The van der Waals surface area contributed by atoms with Crippen molar-refractivity contribution in [1.29, 1.82) is 0 Å². The maximum absolute atomic E-state index is 13.8. The van der Waals surface area contributed by atoms with Gasteiger partial charge < -0.3 is 9.84 Å². The van der Waals surface area contributed by atoms with Crippen LogP contribution in [0, 0.1) is 5.82 Å². The Kier molecular flexibility index (Phi) is 3.98. The second kappa shape index (κ2) is 4.92. The van der Waals surface area contributed by atoms with E-state index in [2.05, 4.69) is 0 Å². The summed E-state index contributed by atoms with van der Waals surface area (Å²) >= 11 is 5.91. The number of carbonyl (C=O) groups is 1. The van der Waals surface area contributed by atoms with Gasteiger partial charge in [-0.05, 0) is 11.6 Å². The Morgan fingerprint density at radius 3 is 2.59 bits per heavy atom. The number of rotatable bonds is 4. The summed E-state index contributed by atoms with van der Waals surface area (Å²) in [5.74, 6) is -1.27. The first-order chi connectivity index (χ1) is 7.77. The molecular formula is C12H14ClFO3. The zero-order valence-corrected chi connectivity index (χ0v) is 10.6. The molecule has 0 radical (unpaired) electrons. The van der Waals surface area contributed by atoms with Crippen molar-refractivity contribution in [2.75, 3.05) is 7.11 Å². The van der Waals surface area contributed by atoms with E-state index >= 15 is 0 Å². The molecule has 0 saturated heterocycles. The zero-order chi connectivity index (χ0) is 13.2. The van der Waals surface area contributed by atoms with Gasteiger partial charge in [0.25, 0.3) is 0 Å². The van der Waals surface area contributed by atoms with Gasteiger partial charge in [0.05, 0.1) is 18.6 Å². The molecular weight excluding hydrogens is 247 g/mol. The number of aliphatic carboxylic acids is 1. The van der Waals surface area contributed by atoms with E-state index in [9.17, 15) is 9.18 Å². The molecule has 94 valence electrons. The second-order valence-electron chi connectivity index (χ2n) is 4.42. The Hall–Kier alpha value is -1.29. The number of halogens is 2. The van der Waals surface area contributed by atoms with Gasteiger partial charge in [-0.25, -0.2) is 4.39 Å². The highest BCUT2D eigenvalue weighted by atomic mass is 35.5. The summed E-state index contributed by atoms with van der Waals surface area (Å²) in [6.07, 6.45) is -0.174. The topological polar surface area (TPSA) is 46.5 Å². The van der Waals surface area contributed by atoms with Gasteiger partial charge in [-0.15, -0.1) is 0 Å². The fourth-order valence-corrected chi connectivity index (χ4v) is 1.92. The molecule has 0 bridgehead atoms. The summed E-state index contributed by atoms with van der Waals surface area (Å²) in [7, 11) is 1.39. The summed E-state index contributed by atoms with van der Waals surface area (Å²) in [6.45, 7) is 3.31. The van der Waals surface area contributed by atoms with Crippen molar-refractivity contribution in [3.63, 3.8) is 0 Å². The Balaban J connectivity index is 3.22. The van der Waals surface area contributed by atoms with Crippen molar-refractivity contribution in [2.24, 2.45) is 0 Å². The van der Waals surface area contributed by atoms with Gasteiger partial charge in [0.1, 0.15) is 11.6 Å². The average Bonchev–Trinajstić information content (AvgIpc) is 2.18. The Bertz CT molecular complexity index is 444. The van der Waals surface area contributed by atoms with E-state index in [1.54, 1.807) is 13.8 Å². The molecule has 3 nitrogen and oxygen atoms in total. The minimum absolute atomic E-state index is 0.174. The lowest BCUT2D eigenvalue weighted by Crippen LogP contribution is -2.23. The third-order valence-corrected chi connectivity index (χ3v) is 2.86. The van der Waals surface area contributed by atoms with Crippen molar-refractivity contribution in [2.45, 2.75) is 25.7 Å². The molecule has 0 aromatic heterocycles. The summed E-state index contributed by atoms with van der Waals surface area (Å²) in [5.41, 5.74) is -0.558. The molecule has 0 fully saturated rings. The van der Waals surface area contributed by atoms with Gasteiger partial charge in [0.2, 0.25) is 0 Å². The fraction of sp³-hybridized carbons (Fsp3) is 0.417. The van der Waals surface area contributed by atoms with E-state index in [1.807, 2.05) is 0 Å². The first-order valence-corrected chi connectivity index (χ1v) is 5.41. The Morgan fingerprint density at radius 1 is 1.53 bits per heavy atom. The zero-order valence-electron chi connectivity index (χ0n) is 9.88. The smallest absolute Gasteiger partial charge is 0.304 e. The molecule has 1 N–H and O–H groups in total. The lowest BCUT2D eigenvalue weighted by molar-refractivity contribution is -0.138. The van der Waals surface area contributed by atoms with Crippen LogP contribution >= 0.6 is 11.6 Å². The van der Waals surface area contributed by atoms with Crippen LogP contribution in [-0.4, -0.2) is 18.2 Å². The second-order valence-corrected chi connectivity index (χ2v) is 4.83. The molecule has 1 rings (SSSR count). The minimum atomic E-state index is -0.985. The van der Waals surface area contributed by atoms with E-state index in [-0.39, 0.29) is 22.8 Å². The standard InChI is InChI=1S/C12H14ClFO3/c1-12(2,6-11(15)16)7-4-8(13)10(17-3)5-9(7)14/h4-5H,6H2,1-3H3,(H,15,16). The van der Waals surface area contributed by atoms with E-state index < -0.39 is 17.2 Å². The molecule has 0 amide bonds. The van der Waals surface area contributed by atoms with Crippen LogP contribution in [0.4, 0.5) is 4.39 Å². The van der Waals surface area contributed by atoms with Crippen LogP contribution in [0.2, 0.25) is 5.02 Å². The lowest BCUT2D eigenvalue weighted by atomic mass is 9.81. The van der Waals surface area contributed by atoms with Crippen LogP contribution in [0.15, 0.2) is 12.1 Å². The molecule has 5 heteroatoms. The molecule has 1 aromatic rings. The largest absolute Gasteiger partial charge is 0.495 e. The van der Waals surface area contributed by atoms with Crippen molar-refractivity contribution >= 4 is 17.6 Å². The Labute approximate surface area is 104 Å². The molecule has 17 heavy (non-hydrogen) atoms. The van der Waals surface area contributed by atoms with E-state index in [1.165, 1.54) is 19.2 Å². The SMILES string of the molecule is COc1cc(F)c(C(C)(C)CC(=O)O)cc1Cl. The normalized spacial score (nSPS) is 11.4. The van der Waals surface area contributed by atoms with Gasteiger partial charge in [0, 0.05) is 11.5 Å². The maximum atomic E-state index is 13.8. The van der Waals surface area contributed by atoms with E-state index in [0.717, 1.165) is 0 Å². The molecule has 0 heterocycles. The van der Waals surface area contributed by atoms with Crippen molar-refractivity contribution < 1.29 is 19.0 Å². The average molecular weight is 261 g/mol.